The Balaban J connectivity index is 1.58. The molecular weight excluding hydrogens is 380 g/mol. The van der Waals surface area contributed by atoms with Gasteiger partial charge in [0.15, 0.2) is 5.58 Å². The van der Waals surface area contributed by atoms with Crippen LogP contribution in [0, 0.1) is 0 Å². The number of oxazole rings is 1. The Morgan fingerprint density at radius 3 is 2.68 bits per heavy atom. The van der Waals surface area contributed by atoms with Crippen LogP contribution in [0.3, 0.4) is 0 Å². The van der Waals surface area contributed by atoms with Gasteiger partial charge in [0.25, 0.3) is 0 Å². The largest absolute Gasteiger partial charge is 0.436 e. The van der Waals surface area contributed by atoms with Gasteiger partial charge in [-0.2, -0.15) is 0 Å². The zero-order valence-corrected chi connectivity index (χ0v) is 16.0. The molecule has 5 heteroatoms. The monoisotopic (exact) mass is 400 g/mol. The van der Waals surface area contributed by atoms with E-state index in [1.54, 1.807) is 0 Å². The van der Waals surface area contributed by atoms with E-state index in [-0.39, 0.29) is 12.2 Å². The Kier molecular flexibility index (Phi) is 4.63. The summed E-state index contributed by atoms with van der Waals surface area (Å²) in [6.07, 6.45) is 0.560. The molecule has 0 saturated carbocycles. The zero-order valence-electron chi connectivity index (χ0n) is 14.4. The lowest BCUT2D eigenvalue weighted by Gasteiger charge is -2.35. The Morgan fingerprint density at radius 1 is 1.12 bits per heavy atom. The average molecular weight is 401 g/mol. The number of halogens is 1. The minimum absolute atomic E-state index is 0.280. The Hall–Kier alpha value is -1.69. The standard InChI is InChI=1S/C20H21BrN2O2/c1-13-10-23(11-14(2)24-13)12-15-6-7-19-18(8-15)22-20(25-19)16-4-3-5-17(21)9-16/h3-9,13-14H,10-12H2,1-2H3/t13-,14-/m1/s1. The maximum atomic E-state index is 5.92. The van der Waals surface area contributed by atoms with Gasteiger partial charge in [0, 0.05) is 29.7 Å². The van der Waals surface area contributed by atoms with Crippen LogP contribution in [0.1, 0.15) is 19.4 Å². The molecule has 1 aromatic heterocycles. The van der Waals surface area contributed by atoms with Crippen LogP contribution in [0.4, 0.5) is 0 Å². The first-order valence-corrected chi connectivity index (χ1v) is 9.39. The molecule has 2 aromatic carbocycles. The molecule has 1 fully saturated rings. The normalized spacial score (nSPS) is 21.7. The van der Waals surface area contributed by atoms with Gasteiger partial charge in [-0.15, -0.1) is 0 Å². The van der Waals surface area contributed by atoms with E-state index in [1.807, 2.05) is 30.3 Å². The van der Waals surface area contributed by atoms with Crippen molar-refractivity contribution in [2.75, 3.05) is 13.1 Å². The number of hydrogen-bond acceptors (Lipinski definition) is 4. The van der Waals surface area contributed by atoms with E-state index in [2.05, 4.69) is 51.8 Å². The van der Waals surface area contributed by atoms with Crippen molar-refractivity contribution in [3.05, 3.63) is 52.5 Å². The number of hydrogen-bond donors (Lipinski definition) is 0. The van der Waals surface area contributed by atoms with Crippen LogP contribution in [0.5, 0.6) is 0 Å². The third kappa shape index (κ3) is 3.78. The molecule has 2 heterocycles. The summed E-state index contributed by atoms with van der Waals surface area (Å²) in [5.41, 5.74) is 3.95. The molecule has 0 N–H and O–H groups in total. The van der Waals surface area contributed by atoms with Gasteiger partial charge in [-0.25, -0.2) is 4.98 Å². The number of benzene rings is 2. The summed E-state index contributed by atoms with van der Waals surface area (Å²) in [5, 5.41) is 0. The summed E-state index contributed by atoms with van der Waals surface area (Å²) < 4.78 is 12.8. The second-order valence-corrected chi connectivity index (χ2v) is 7.70. The summed E-state index contributed by atoms with van der Waals surface area (Å²) in [4.78, 5) is 7.12. The highest BCUT2D eigenvalue weighted by atomic mass is 79.9. The summed E-state index contributed by atoms with van der Waals surface area (Å²) in [6, 6.07) is 14.3. The van der Waals surface area contributed by atoms with Crippen LogP contribution >= 0.6 is 15.9 Å². The highest BCUT2D eigenvalue weighted by Gasteiger charge is 2.22. The maximum Gasteiger partial charge on any atom is 0.227 e. The van der Waals surface area contributed by atoms with Gasteiger partial charge in [-0.05, 0) is 49.7 Å². The van der Waals surface area contributed by atoms with Gasteiger partial charge in [0.05, 0.1) is 12.2 Å². The number of fused-ring (bicyclic) bond motifs is 1. The number of nitrogens with zero attached hydrogens (tertiary/aromatic N) is 2. The SMILES string of the molecule is C[C@@H]1CN(Cc2ccc3oc(-c4cccc(Br)c4)nc3c2)C[C@@H](C)O1. The van der Waals surface area contributed by atoms with Crippen LogP contribution in [0.2, 0.25) is 0 Å². The van der Waals surface area contributed by atoms with Crippen LogP contribution in [0.25, 0.3) is 22.6 Å². The number of ether oxygens (including phenoxy) is 1. The second-order valence-electron chi connectivity index (χ2n) is 6.78. The lowest BCUT2D eigenvalue weighted by atomic mass is 10.1. The molecule has 4 rings (SSSR count). The first-order valence-electron chi connectivity index (χ1n) is 8.60. The van der Waals surface area contributed by atoms with Crippen molar-refractivity contribution in [3.63, 3.8) is 0 Å². The zero-order chi connectivity index (χ0) is 17.4. The average Bonchev–Trinajstić information content (AvgIpc) is 2.97. The summed E-state index contributed by atoms with van der Waals surface area (Å²) in [6.45, 7) is 7.10. The first-order chi connectivity index (χ1) is 12.1. The maximum absolute atomic E-state index is 5.92. The topological polar surface area (TPSA) is 38.5 Å². The fraction of sp³-hybridized carbons (Fsp3) is 0.350. The predicted octanol–water partition coefficient (Wildman–Crippen LogP) is 4.87. The van der Waals surface area contributed by atoms with E-state index in [9.17, 15) is 0 Å². The lowest BCUT2D eigenvalue weighted by molar-refractivity contribution is -0.0704. The predicted molar refractivity (Wildman–Crippen MR) is 102 cm³/mol. The van der Waals surface area contributed by atoms with Crippen molar-refractivity contribution in [2.45, 2.75) is 32.6 Å². The van der Waals surface area contributed by atoms with E-state index in [4.69, 9.17) is 9.15 Å². The van der Waals surface area contributed by atoms with Crippen molar-refractivity contribution < 1.29 is 9.15 Å². The van der Waals surface area contributed by atoms with Gasteiger partial charge in [0.2, 0.25) is 5.89 Å². The summed E-state index contributed by atoms with van der Waals surface area (Å²) in [7, 11) is 0. The lowest BCUT2D eigenvalue weighted by Crippen LogP contribution is -2.44. The highest BCUT2D eigenvalue weighted by molar-refractivity contribution is 9.10. The molecule has 2 atom stereocenters. The molecule has 0 spiro atoms. The fourth-order valence-corrected chi connectivity index (χ4v) is 3.89. The molecule has 130 valence electrons. The van der Waals surface area contributed by atoms with Gasteiger partial charge in [-0.1, -0.05) is 28.1 Å². The van der Waals surface area contributed by atoms with E-state index < -0.39 is 0 Å². The van der Waals surface area contributed by atoms with Crippen molar-refractivity contribution in [1.29, 1.82) is 0 Å². The second kappa shape index (κ2) is 6.90. The van der Waals surface area contributed by atoms with Crippen LogP contribution < -0.4 is 0 Å². The van der Waals surface area contributed by atoms with Gasteiger partial charge >= 0.3 is 0 Å². The molecule has 3 aromatic rings. The van der Waals surface area contributed by atoms with Gasteiger partial charge in [-0.3, -0.25) is 4.90 Å². The van der Waals surface area contributed by atoms with Gasteiger partial charge < -0.3 is 9.15 Å². The Morgan fingerprint density at radius 2 is 1.92 bits per heavy atom. The molecule has 0 aliphatic carbocycles. The quantitative estimate of drug-likeness (QED) is 0.628. The van der Waals surface area contributed by atoms with Crippen LogP contribution in [0.15, 0.2) is 51.4 Å². The van der Waals surface area contributed by atoms with E-state index in [1.165, 1.54) is 5.56 Å². The molecule has 0 unspecified atom stereocenters. The summed E-state index contributed by atoms with van der Waals surface area (Å²) in [5.74, 6) is 0.655. The van der Waals surface area contributed by atoms with Crippen molar-refractivity contribution >= 4 is 27.0 Å². The molecule has 4 nitrogen and oxygen atoms in total. The molecular formula is C20H21BrN2O2. The smallest absolute Gasteiger partial charge is 0.227 e. The molecule has 1 aliphatic rings. The van der Waals surface area contributed by atoms with Crippen molar-refractivity contribution in [2.24, 2.45) is 0 Å². The number of morpholine rings is 1. The summed E-state index contributed by atoms with van der Waals surface area (Å²) >= 11 is 3.49. The van der Waals surface area contributed by atoms with Crippen molar-refractivity contribution in [1.82, 2.24) is 9.88 Å². The first kappa shape index (κ1) is 16.8. The molecule has 1 saturated heterocycles. The third-order valence-corrected chi connectivity index (χ3v) is 4.92. The van der Waals surface area contributed by atoms with Crippen LogP contribution in [-0.4, -0.2) is 35.2 Å². The Labute approximate surface area is 155 Å². The molecule has 0 amide bonds. The van der Waals surface area contributed by atoms with Crippen molar-refractivity contribution in [3.8, 4) is 11.5 Å². The third-order valence-electron chi connectivity index (χ3n) is 4.42. The molecule has 0 bridgehead atoms. The fourth-order valence-electron chi connectivity index (χ4n) is 3.49. The number of rotatable bonds is 3. The van der Waals surface area contributed by atoms with E-state index in [0.717, 1.165) is 40.8 Å². The minimum Gasteiger partial charge on any atom is -0.436 e. The minimum atomic E-state index is 0.280. The highest BCUT2D eigenvalue weighted by Crippen LogP contribution is 2.27. The molecule has 0 radical (unpaired) electrons. The Bertz CT molecular complexity index is 882. The molecule has 25 heavy (non-hydrogen) atoms. The van der Waals surface area contributed by atoms with E-state index >= 15 is 0 Å². The number of aromatic nitrogens is 1. The van der Waals surface area contributed by atoms with Gasteiger partial charge in [0.1, 0.15) is 5.52 Å². The van der Waals surface area contributed by atoms with E-state index in [0.29, 0.717) is 5.89 Å². The van der Waals surface area contributed by atoms with Crippen LogP contribution in [-0.2, 0) is 11.3 Å². The molecule has 1 aliphatic heterocycles.